The van der Waals surface area contributed by atoms with Crippen molar-refractivity contribution in [3.05, 3.63) is 0 Å². The fourth-order valence-electron chi connectivity index (χ4n) is 1.12. The first-order chi connectivity index (χ1) is 7.34. The number of hydrogen-bond donors (Lipinski definition) is 1. The number of nitrogens with one attached hydrogen (secondary N) is 1. The molecule has 0 aliphatic rings. The lowest BCUT2D eigenvalue weighted by Gasteiger charge is -2.22. The van der Waals surface area contributed by atoms with Gasteiger partial charge in [0.2, 0.25) is 5.91 Å². The van der Waals surface area contributed by atoms with Crippen LogP contribution in [0, 0.1) is 0 Å². The number of rotatable bonds is 7. The van der Waals surface area contributed by atoms with Gasteiger partial charge in [-0.25, -0.2) is 0 Å². The summed E-state index contributed by atoms with van der Waals surface area (Å²) in [6.45, 7) is 6.34. The van der Waals surface area contributed by atoms with Gasteiger partial charge >= 0.3 is 0 Å². The standard InChI is InChI=1S/C11H24N2O2S/c1-9(2)13(4)11(14)8-12-10(3)6-7-16(5)15/h9-10,12H,6-8H2,1-5H3. The Hall–Kier alpha value is -0.420. The second-order valence-electron chi connectivity index (χ2n) is 4.45. The molecule has 1 N–H and O–H groups in total. The predicted molar refractivity (Wildman–Crippen MR) is 68.9 cm³/mol. The van der Waals surface area contributed by atoms with E-state index in [1.165, 1.54) is 0 Å². The fourth-order valence-corrected chi connectivity index (χ4v) is 1.80. The molecular formula is C11H24N2O2S. The summed E-state index contributed by atoms with van der Waals surface area (Å²) in [7, 11) is 1.05. The molecule has 96 valence electrons. The van der Waals surface area contributed by atoms with Gasteiger partial charge in [-0.1, -0.05) is 0 Å². The van der Waals surface area contributed by atoms with Crippen LogP contribution in [0.5, 0.6) is 0 Å². The zero-order valence-electron chi connectivity index (χ0n) is 10.9. The molecule has 2 atom stereocenters. The van der Waals surface area contributed by atoms with Gasteiger partial charge in [0, 0.05) is 41.9 Å². The molecule has 0 aromatic carbocycles. The molecule has 2 unspecified atom stereocenters. The molecule has 4 nitrogen and oxygen atoms in total. The Kier molecular flexibility index (Phi) is 7.58. The molecular weight excluding hydrogens is 224 g/mol. The first kappa shape index (κ1) is 15.6. The maximum Gasteiger partial charge on any atom is 0.236 e. The van der Waals surface area contributed by atoms with E-state index in [0.717, 1.165) is 6.42 Å². The van der Waals surface area contributed by atoms with Gasteiger partial charge in [0.1, 0.15) is 0 Å². The number of hydrogen-bond acceptors (Lipinski definition) is 3. The van der Waals surface area contributed by atoms with Crippen LogP contribution in [0.4, 0.5) is 0 Å². The van der Waals surface area contributed by atoms with Gasteiger partial charge in [0.15, 0.2) is 0 Å². The fraction of sp³-hybridized carbons (Fsp3) is 0.909. The highest BCUT2D eigenvalue weighted by Crippen LogP contribution is 1.96. The molecule has 0 aliphatic heterocycles. The second-order valence-corrected chi connectivity index (χ2v) is 6.00. The van der Waals surface area contributed by atoms with Gasteiger partial charge in [-0.2, -0.15) is 0 Å². The van der Waals surface area contributed by atoms with Crippen LogP contribution < -0.4 is 5.32 Å². The van der Waals surface area contributed by atoms with Gasteiger partial charge in [0.05, 0.1) is 6.54 Å². The SMILES string of the molecule is CC(CCS(C)=O)NCC(=O)N(C)C(C)C. The van der Waals surface area contributed by atoms with Gasteiger partial charge in [-0.15, -0.1) is 0 Å². The zero-order valence-corrected chi connectivity index (χ0v) is 11.8. The molecule has 0 spiro atoms. The molecule has 0 radical (unpaired) electrons. The van der Waals surface area contributed by atoms with Crippen molar-refractivity contribution in [2.75, 3.05) is 25.6 Å². The predicted octanol–water partition coefficient (Wildman–Crippen LogP) is 0.600. The van der Waals surface area contributed by atoms with Gasteiger partial charge < -0.3 is 10.2 Å². The van der Waals surface area contributed by atoms with E-state index < -0.39 is 10.8 Å². The van der Waals surface area contributed by atoms with Crippen molar-refractivity contribution in [1.82, 2.24) is 10.2 Å². The van der Waals surface area contributed by atoms with E-state index in [2.05, 4.69) is 5.32 Å². The number of carbonyl (C=O) groups is 1. The Morgan fingerprint density at radius 3 is 2.38 bits per heavy atom. The summed E-state index contributed by atoms with van der Waals surface area (Å²) >= 11 is 0. The highest BCUT2D eigenvalue weighted by atomic mass is 32.2. The first-order valence-electron chi connectivity index (χ1n) is 5.63. The van der Waals surface area contributed by atoms with Crippen LogP contribution >= 0.6 is 0 Å². The van der Waals surface area contributed by atoms with Gasteiger partial charge in [0.25, 0.3) is 0 Å². The molecule has 0 saturated carbocycles. The number of amides is 1. The molecule has 1 amide bonds. The molecule has 0 rings (SSSR count). The normalized spacial score (nSPS) is 14.9. The quantitative estimate of drug-likeness (QED) is 0.718. The number of nitrogens with zero attached hydrogens (tertiary/aromatic N) is 1. The highest BCUT2D eigenvalue weighted by Gasteiger charge is 2.12. The Balaban J connectivity index is 3.79. The van der Waals surface area contributed by atoms with E-state index in [0.29, 0.717) is 12.3 Å². The van der Waals surface area contributed by atoms with Crippen molar-refractivity contribution < 1.29 is 9.00 Å². The maximum absolute atomic E-state index is 11.6. The molecule has 0 aromatic rings. The lowest BCUT2D eigenvalue weighted by molar-refractivity contribution is -0.130. The van der Waals surface area contributed by atoms with E-state index in [1.54, 1.807) is 18.2 Å². The van der Waals surface area contributed by atoms with Crippen molar-refractivity contribution in [2.45, 2.75) is 39.3 Å². The van der Waals surface area contributed by atoms with Crippen molar-refractivity contribution in [3.63, 3.8) is 0 Å². The van der Waals surface area contributed by atoms with Crippen molar-refractivity contribution in [1.29, 1.82) is 0 Å². The summed E-state index contributed by atoms with van der Waals surface area (Å²) in [6.07, 6.45) is 2.53. The maximum atomic E-state index is 11.6. The van der Waals surface area contributed by atoms with Crippen LogP contribution in [-0.2, 0) is 15.6 Å². The number of likely N-dealkylation sites (N-methyl/N-ethyl adjacent to an activating group) is 1. The van der Waals surface area contributed by atoms with Crippen molar-refractivity contribution in [2.24, 2.45) is 0 Å². The topological polar surface area (TPSA) is 49.4 Å². The molecule has 0 fully saturated rings. The summed E-state index contributed by atoms with van der Waals surface area (Å²) in [4.78, 5) is 13.4. The van der Waals surface area contributed by atoms with Crippen LogP contribution in [0.1, 0.15) is 27.2 Å². The first-order valence-corrected chi connectivity index (χ1v) is 7.36. The lowest BCUT2D eigenvalue weighted by atomic mass is 10.2. The van der Waals surface area contributed by atoms with Crippen molar-refractivity contribution >= 4 is 16.7 Å². The summed E-state index contributed by atoms with van der Waals surface area (Å²) in [5, 5.41) is 3.15. The third-order valence-electron chi connectivity index (χ3n) is 2.61. The van der Waals surface area contributed by atoms with E-state index in [4.69, 9.17) is 0 Å². The largest absolute Gasteiger partial charge is 0.342 e. The average molecular weight is 248 g/mol. The van der Waals surface area contributed by atoms with E-state index in [-0.39, 0.29) is 18.0 Å². The Morgan fingerprint density at radius 1 is 1.38 bits per heavy atom. The highest BCUT2D eigenvalue weighted by molar-refractivity contribution is 7.84. The monoisotopic (exact) mass is 248 g/mol. The third-order valence-corrected chi connectivity index (χ3v) is 3.42. The van der Waals surface area contributed by atoms with Crippen LogP contribution in [-0.4, -0.2) is 52.7 Å². The Morgan fingerprint density at radius 2 is 1.94 bits per heavy atom. The zero-order chi connectivity index (χ0) is 12.7. The molecule has 0 saturated heterocycles. The Labute approximate surface area is 101 Å². The third kappa shape index (κ3) is 6.95. The smallest absolute Gasteiger partial charge is 0.236 e. The summed E-state index contributed by atoms with van der Waals surface area (Å²) in [5.41, 5.74) is 0. The van der Waals surface area contributed by atoms with Gasteiger partial charge in [-0.3, -0.25) is 9.00 Å². The minimum absolute atomic E-state index is 0.0967. The summed E-state index contributed by atoms with van der Waals surface area (Å²) in [5.74, 6) is 0.780. The molecule has 0 aliphatic carbocycles. The molecule has 0 bridgehead atoms. The Bertz CT molecular complexity index is 244. The summed E-state index contributed by atoms with van der Waals surface area (Å²) < 4.78 is 10.9. The average Bonchev–Trinajstić information content (AvgIpc) is 2.21. The molecule has 5 heteroatoms. The lowest BCUT2D eigenvalue weighted by Crippen LogP contribution is -2.42. The number of carbonyl (C=O) groups excluding carboxylic acids is 1. The summed E-state index contributed by atoms with van der Waals surface area (Å²) in [6, 6.07) is 0.459. The van der Waals surface area contributed by atoms with Crippen LogP contribution in [0.3, 0.4) is 0 Å². The minimum atomic E-state index is -0.752. The van der Waals surface area contributed by atoms with Crippen LogP contribution in [0.25, 0.3) is 0 Å². The second kappa shape index (κ2) is 7.79. The van der Waals surface area contributed by atoms with Crippen molar-refractivity contribution in [3.8, 4) is 0 Å². The van der Waals surface area contributed by atoms with Crippen LogP contribution in [0.2, 0.25) is 0 Å². The molecule has 0 aromatic heterocycles. The van der Waals surface area contributed by atoms with E-state index in [9.17, 15) is 9.00 Å². The van der Waals surface area contributed by atoms with E-state index >= 15 is 0 Å². The van der Waals surface area contributed by atoms with E-state index in [1.807, 2.05) is 20.8 Å². The van der Waals surface area contributed by atoms with Gasteiger partial charge in [-0.05, 0) is 27.2 Å². The molecule has 16 heavy (non-hydrogen) atoms. The van der Waals surface area contributed by atoms with Crippen LogP contribution in [0.15, 0.2) is 0 Å². The molecule has 0 heterocycles. The minimum Gasteiger partial charge on any atom is -0.342 e.